The first-order valence-corrected chi connectivity index (χ1v) is 10.2. The number of hydrogen-bond donors (Lipinski definition) is 1. The highest BCUT2D eigenvalue weighted by Gasteiger charge is 2.29. The first kappa shape index (κ1) is 23.4. The zero-order valence-electron chi connectivity index (χ0n) is 18.3. The molecular formula is C25H30F2N2O. The predicted octanol–water partition coefficient (Wildman–Crippen LogP) is 5.93. The van der Waals surface area contributed by atoms with Crippen molar-refractivity contribution in [3.63, 3.8) is 0 Å². The van der Waals surface area contributed by atoms with Crippen LogP contribution in [0, 0.1) is 35.8 Å². The third-order valence-electron chi connectivity index (χ3n) is 4.71. The Bertz CT molecular complexity index is 919. The highest BCUT2D eigenvalue weighted by molar-refractivity contribution is 6.01. The van der Waals surface area contributed by atoms with Crippen molar-refractivity contribution >= 4 is 17.3 Å². The van der Waals surface area contributed by atoms with Crippen molar-refractivity contribution in [3.05, 3.63) is 59.7 Å². The Labute approximate surface area is 178 Å². The lowest BCUT2D eigenvalue weighted by Crippen LogP contribution is -2.46. The second-order valence-electron chi connectivity index (χ2n) is 8.65. The molecule has 0 saturated carbocycles. The number of nitrogens with zero attached hydrogens (tertiary/aromatic N) is 1. The molecule has 0 aliphatic rings. The van der Waals surface area contributed by atoms with Crippen molar-refractivity contribution in [1.82, 2.24) is 5.32 Å². The lowest BCUT2D eigenvalue weighted by molar-refractivity contribution is 0.0918. The van der Waals surface area contributed by atoms with Crippen molar-refractivity contribution in [2.75, 3.05) is 11.4 Å². The second kappa shape index (κ2) is 9.75. The maximum Gasteiger partial charge on any atom is 0.254 e. The Kier molecular flexibility index (Phi) is 7.61. The fourth-order valence-electron chi connectivity index (χ4n) is 3.54. The van der Waals surface area contributed by atoms with Gasteiger partial charge in [0.25, 0.3) is 5.91 Å². The summed E-state index contributed by atoms with van der Waals surface area (Å²) in [7, 11) is 0. The first-order chi connectivity index (χ1) is 14.1. The smallest absolute Gasteiger partial charge is 0.254 e. The Morgan fingerprint density at radius 1 is 1.10 bits per heavy atom. The lowest BCUT2D eigenvalue weighted by atomic mass is 9.91. The molecule has 0 aliphatic carbocycles. The van der Waals surface area contributed by atoms with E-state index in [9.17, 15) is 13.6 Å². The summed E-state index contributed by atoms with van der Waals surface area (Å²) in [6, 6.07) is 11.4. The Balaban J connectivity index is 2.56. The molecule has 1 unspecified atom stereocenters. The number of nitrogens with one attached hydrogen (secondary N) is 1. The van der Waals surface area contributed by atoms with Crippen molar-refractivity contribution < 1.29 is 13.6 Å². The largest absolute Gasteiger partial charge is 0.340 e. The van der Waals surface area contributed by atoms with Crippen LogP contribution >= 0.6 is 0 Å². The minimum Gasteiger partial charge on any atom is -0.340 e. The summed E-state index contributed by atoms with van der Waals surface area (Å²) in [6.07, 6.45) is 6.24. The molecule has 0 spiro atoms. The van der Waals surface area contributed by atoms with Gasteiger partial charge in [-0.05, 0) is 43.4 Å². The number of amides is 1. The van der Waals surface area contributed by atoms with Crippen LogP contribution in [-0.4, -0.2) is 18.0 Å². The minimum absolute atomic E-state index is 0.0450. The Morgan fingerprint density at radius 2 is 1.70 bits per heavy atom. The van der Waals surface area contributed by atoms with E-state index in [0.717, 1.165) is 17.8 Å². The number of carbonyl (C=O) groups is 1. The minimum atomic E-state index is -1.08. The molecule has 160 valence electrons. The molecule has 0 aromatic heterocycles. The SMILES string of the molecule is C#CC(C)(CC(C)C)NC(=O)c1cc(F)c(F)cc1N(CC(C)C)c1ccccc1. The molecule has 0 saturated heterocycles. The predicted molar refractivity (Wildman–Crippen MR) is 119 cm³/mol. The average Bonchev–Trinajstić information content (AvgIpc) is 2.67. The summed E-state index contributed by atoms with van der Waals surface area (Å²) in [6.45, 7) is 10.3. The fraction of sp³-hybridized carbons (Fsp3) is 0.400. The molecule has 1 N–H and O–H groups in total. The van der Waals surface area contributed by atoms with E-state index in [0.29, 0.717) is 18.7 Å². The molecule has 3 nitrogen and oxygen atoms in total. The van der Waals surface area contributed by atoms with Crippen LogP contribution in [0.4, 0.5) is 20.2 Å². The van der Waals surface area contributed by atoms with Crippen LogP contribution in [0.1, 0.15) is 51.4 Å². The van der Waals surface area contributed by atoms with Crippen LogP contribution in [0.2, 0.25) is 0 Å². The van der Waals surface area contributed by atoms with Gasteiger partial charge in [0.05, 0.1) is 16.8 Å². The summed E-state index contributed by atoms with van der Waals surface area (Å²) in [5, 5.41) is 2.85. The molecule has 1 atom stereocenters. The highest BCUT2D eigenvalue weighted by Crippen LogP contribution is 2.32. The lowest BCUT2D eigenvalue weighted by Gasteiger charge is -2.31. The van der Waals surface area contributed by atoms with Crippen LogP contribution in [0.3, 0.4) is 0 Å². The normalized spacial score (nSPS) is 13.1. The Hall–Kier alpha value is -2.87. The van der Waals surface area contributed by atoms with Crippen LogP contribution in [0.15, 0.2) is 42.5 Å². The van der Waals surface area contributed by atoms with E-state index in [-0.39, 0.29) is 17.4 Å². The number of anilines is 2. The van der Waals surface area contributed by atoms with Crippen LogP contribution in [0.25, 0.3) is 0 Å². The van der Waals surface area contributed by atoms with Gasteiger partial charge in [0.1, 0.15) is 0 Å². The van der Waals surface area contributed by atoms with E-state index >= 15 is 0 Å². The molecule has 0 radical (unpaired) electrons. The molecule has 2 aromatic rings. The zero-order valence-corrected chi connectivity index (χ0v) is 18.3. The number of terminal acetylenes is 1. The first-order valence-electron chi connectivity index (χ1n) is 10.2. The van der Waals surface area contributed by atoms with Gasteiger partial charge in [-0.2, -0.15) is 0 Å². The number of benzene rings is 2. The summed E-state index contributed by atoms with van der Waals surface area (Å²) in [4.78, 5) is 15.0. The fourth-order valence-corrected chi connectivity index (χ4v) is 3.54. The Morgan fingerprint density at radius 3 is 2.23 bits per heavy atom. The van der Waals surface area contributed by atoms with Crippen molar-refractivity contribution in [2.24, 2.45) is 11.8 Å². The van der Waals surface area contributed by atoms with Gasteiger partial charge in [-0.1, -0.05) is 51.8 Å². The zero-order chi connectivity index (χ0) is 22.5. The molecule has 30 heavy (non-hydrogen) atoms. The summed E-state index contributed by atoms with van der Waals surface area (Å²) < 4.78 is 28.4. The summed E-state index contributed by atoms with van der Waals surface area (Å²) in [5.41, 5.74) is 0.232. The number of hydrogen-bond acceptors (Lipinski definition) is 2. The van der Waals surface area contributed by atoms with E-state index < -0.39 is 23.1 Å². The van der Waals surface area contributed by atoms with E-state index in [4.69, 9.17) is 6.42 Å². The van der Waals surface area contributed by atoms with Gasteiger partial charge in [-0.25, -0.2) is 8.78 Å². The molecule has 0 bridgehead atoms. The van der Waals surface area contributed by atoms with Crippen LogP contribution in [-0.2, 0) is 0 Å². The second-order valence-corrected chi connectivity index (χ2v) is 8.65. The van der Waals surface area contributed by atoms with Gasteiger partial charge < -0.3 is 10.2 Å². The van der Waals surface area contributed by atoms with Crippen molar-refractivity contribution in [2.45, 2.75) is 46.6 Å². The standard InChI is InChI=1S/C25H30F2N2O/c1-7-25(6,15-17(2)3)28-24(30)20-13-21(26)22(27)14-23(20)29(16-18(4)5)19-11-9-8-10-12-19/h1,8-14,17-18H,15-16H2,2-6H3,(H,28,30). The van der Waals surface area contributed by atoms with Gasteiger partial charge >= 0.3 is 0 Å². The van der Waals surface area contributed by atoms with Crippen molar-refractivity contribution in [3.8, 4) is 12.3 Å². The molecule has 1 amide bonds. The van der Waals surface area contributed by atoms with Crippen molar-refractivity contribution in [1.29, 1.82) is 0 Å². The number of rotatable bonds is 8. The molecule has 2 rings (SSSR count). The highest BCUT2D eigenvalue weighted by atomic mass is 19.2. The molecule has 2 aromatic carbocycles. The number of halogens is 2. The molecule has 0 fully saturated rings. The maximum atomic E-state index is 14.2. The third-order valence-corrected chi connectivity index (χ3v) is 4.71. The number of carbonyl (C=O) groups excluding carboxylic acids is 1. The summed E-state index contributed by atoms with van der Waals surface area (Å²) >= 11 is 0. The van der Waals surface area contributed by atoms with Crippen LogP contribution in [0.5, 0.6) is 0 Å². The molecule has 5 heteroatoms. The van der Waals surface area contributed by atoms with Gasteiger partial charge in [-0.15, -0.1) is 6.42 Å². The van der Waals surface area contributed by atoms with Gasteiger partial charge in [0, 0.05) is 18.3 Å². The van der Waals surface area contributed by atoms with Gasteiger partial charge in [0.2, 0.25) is 0 Å². The van der Waals surface area contributed by atoms with Gasteiger partial charge in [-0.3, -0.25) is 4.79 Å². The molecular weight excluding hydrogens is 382 g/mol. The van der Waals surface area contributed by atoms with Crippen LogP contribution < -0.4 is 10.2 Å². The van der Waals surface area contributed by atoms with E-state index in [1.807, 2.05) is 62.9 Å². The third kappa shape index (κ3) is 5.82. The van der Waals surface area contributed by atoms with Gasteiger partial charge in [0.15, 0.2) is 11.6 Å². The quantitative estimate of drug-likeness (QED) is 0.545. The monoisotopic (exact) mass is 412 g/mol. The topological polar surface area (TPSA) is 32.3 Å². The van der Waals surface area contributed by atoms with E-state index in [1.54, 1.807) is 6.92 Å². The van der Waals surface area contributed by atoms with E-state index in [2.05, 4.69) is 11.2 Å². The number of para-hydroxylation sites is 1. The molecule has 0 aliphatic heterocycles. The maximum absolute atomic E-state index is 14.2. The molecule has 0 heterocycles. The summed E-state index contributed by atoms with van der Waals surface area (Å²) in [5.74, 6) is 0.482. The van der Waals surface area contributed by atoms with E-state index in [1.165, 1.54) is 0 Å². The average molecular weight is 413 g/mol.